The Hall–Kier alpha value is -1.78. The van der Waals surface area contributed by atoms with Gasteiger partial charge in [0.05, 0.1) is 6.20 Å². The van der Waals surface area contributed by atoms with Crippen LogP contribution in [0.3, 0.4) is 0 Å². The highest BCUT2D eigenvalue weighted by Gasteiger charge is 1.94. The minimum Gasteiger partial charge on any atom is -0.266 e. The third kappa shape index (κ3) is 1.29. The standard InChI is InChI=1S/C2H12N10/c3-7-10-2-1-6-11(8-4)12(10)9-5/h1-2,6-9H,3-5H2. The van der Waals surface area contributed by atoms with E-state index in [1.54, 1.807) is 12.4 Å². The van der Waals surface area contributed by atoms with Gasteiger partial charge in [-0.1, -0.05) is 9.81 Å². The number of nitrogens with two attached hydrogens (primary N) is 3. The molecule has 1 rings (SSSR count). The van der Waals surface area contributed by atoms with E-state index in [0.717, 1.165) is 0 Å². The molecule has 0 fully saturated rings. The lowest BCUT2D eigenvalue weighted by molar-refractivity contribution is 0.371. The summed E-state index contributed by atoms with van der Waals surface area (Å²) in [7, 11) is 0. The fourth-order valence-electron chi connectivity index (χ4n) is 0.698. The Kier molecular flexibility index (Phi) is 2.47. The molecule has 0 aliphatic heterocycles. The number of hydrazine groups is 3. The first kappa shape index (κ1) is 8.32. The quantitative estimate of drug-likeness (QED) is 0.191. The van der Waals surface area contributed by atoms with Gasteiger partial charge in [-0.05, 0) is 0 Å². The van der Waals surface area contributed by atoms with Gasteiger partial charge in [-0.25, -0.2) is 34.1 Å². The van der Waals surface area contributed by atoms with Crippen LogP contribution in [0.15, 0.2) is 12.4 Å². The summed E-state index contributed by atoms with van der Waals surface area (Å²) in [4.78, 5) is 3.80. The Balaban J connectivity index is 3.13. The summed E-state index contributed by atoms with van der Waals surface area (Å²) in [5, 5.41) is 2.70. The second-order valence-electron chi connectivity index (χ2n) is 1.78. The molecule has 10 nitrogen and oxygen atoms in total. The third-order valence-electron chi connectivity index (χ3n) is 1.18. The number of nitrogens with zero attached hydrogens (tertiary/aromatic N) is 3. The summed E-state index contributed by atoms with van der Waals surface area (Å²) >= 11 is 0. The predicted octanol–water partition coefficient (Wildman–Crippen LogP) is -3.20. The molecule has 1 heterocycles. The molecule has 10 N–H and O–H groups in total. The number of hydrogen-bond acceptors (Lipinski definition) is 6. The summed E-state index contributed by atoms with van der Waals surface area (Å²) in [6, 6.07) is 0. The number of aromatic nitrogens is 4. The lowest BCUT2D eigenvalue weighted by Gasteiger charge is -2.19. The molecule has 0 bridgehead atoms. The van der Waals surface area contributed by atoms with Gasteiger partial charge in [0, 0.05) is 6.20 Å². The normalized spacial score (nSPS) is 9.25. The topological polar surface area (TPSA) is 145 Å². The molecule has 0 amide bonds. The summed E-state index contributed by atoms with van der Waals surface area (Å²) in [5.74, 6) is 15.4. The van der Waals surface area contributed by atoms with Gasteiger partial charge in [0.1, 0.15) is 0 Å². The molecule has 0 saturated carbocycles. The zero-order valence-electron chi connectivity index (χ0n) is 6.23. The minimum absolute atomic E-state index is 1.24. The molecule has 0 atom stereocenters. The molecular formula is C2H12N10. The van der Waals surface area contributed by atoms with E-state index in [-0.39, 0.29) is 0 Å². The molecule has 1 aromatic rings. The number of H-pyrrole nitrogens is 1. The SMILES string of the molecule is NNn1cc[nH]n(NN)n1NN. The van der Waals surface area contributed by atoms with Crippen LogP contribution in [0.5, 0.6) is 0 Å². The molecule has 10 heteroatoms. The Morgan fingerprint density at radius 2 is 1.83 bits per heavy atom. The first-order valence-corrected chi connectivity index (χ1v) is 3.04. The number of aromatic amines is 1. The number of nitrogens with one attached hydrogen (secondary N) is 4. The van der Waals surface area contributed by atoms with Crippen LogP contribution in [0, 0.1) is 0 Å². The minimum atomic E-state index is 1.24. The van der Waals surface area contributed by atoms with Crippen molar-refractivity contribution in [2.75, 3.05) is 16.6 Å². The van der Waals surface area contributed by atoms with Gasteiger partial charge in [-0.2, -0.15) is 4.79 Å². The van der Waals surface area contributed by atoms with Crippen LogP contribution in [0.1, 0.15) is 0 Å². The molecule has 0 aromatic carbocycles. The van der Waals surface area contributed by atoms with Gasteiger partial charge in [0.25, 0.3) is 0 Å². The Morgan fingerprint density at radius 1 is 1.08 bits per heavy atom. The van der Waals surface area contributed by atoms with Crippen LogP contribution in [-0.2, 0) is 0 Å². The molecule has 0 spiro atoms. The molecule has 70 valence electrons. The van der Waals surface area contributed by atoms with Gasteiger partial charge in [-0.15, -0.1) is 0 Å². The van der Waals surface area contributed by atoms with Crippen molar-refractivity contribution < 1.29 is 0 Å². The maximum absolute atomic E-state index is 5.16. The summed E-state index contributed by atoms with van der Waals surface area (Å²) < 4.78 is 0. The van der Waals surface area contributed by atoms with Crippen molar-refractivity contribution in [1.29, 1.82) is 0 Å². The van der Waals surface area contributed by atoms with Crippen molar-refractivity contribution in [2.24, 2.45) is 17.5 Å². The zero-order chi connectivity index (χ0) is 8.97. The Bertz CT molecular complexity index is 234. The van der Waals surface area contributed by atoms with Crippen molar-refractivity contribution in [2.45, 2.75) is 0 Å². The van der Waals surface area contributed by atoms with Crippen LogP contribution in [0.4, 0.5) is 0 Å². The highest BCUT2D eigenvalue weighted by Crippen LogP contribution is 1.76. The first-order chi connectivity index (χ1) is 5.83. The fraction of sp³-hybridized carbons (Fsp3) is 0. The van der Waals surface area contributed by atoms with Crippen LogP contribution < -0.4 is 34.1 Å². The van der Waals surface area contributed by atoms with Crippen molar-refractivity contribution in [1.82, 2.24) is 19.7 Å². The summed E-state index contributed by atoms with van der Waals surface area (Å²) in [6.07, 6.45) is 3.15. The molecule has 0 saturated heterocycles. The summed E-state index contributed by atoms with van der Waals surface area (Å²) in [5.41, 5.74) is 6.90. The highest BCUT2D eigenvalue weighted by molar-refractivity contribution is 4.70. The van der Waals surface area contributed by atoms with Gasteiger partial charge in [0.2, 0.25) is 0 Å². The van der Waals surface area contributed by atoms with Crippen LogP contribution in [0.2, 0.25) is 0 Å². The average Bonchev–Trinajstić information content (AvgIpc) is 2.16. The van der Waals surface area contributed by atoms with Gasteiger partial charge in [0.15, 0.2) is 0 Å². The second-order valence-corrected chi connectivity index (χ2v) is 1.78. The molecule has 12 heavy (non-hydrogen) atoms. The van der Waals surface area contributed by atoms with E-state index in [9.17, 15) is 0 Å². The van der Waals surface area contributed by atoms with E-state index in [0.29, 0.717) is 0 Å². The lowest BCUT2D eigenvalue weighted by atomic mass is 10.9. The molecular weight excluding hydrogens is 164 g/mol. The van der Waals surface area contributed by atoms with E-state index in [1.807, 2.05) is 0 Å². The van der Waals surface area contributed by atoms with Crippen molar-refractivity contribution in [3.63, 3.8) is 0 Å². The zero-order valence-corrected chi connectivity index (χ0v) is 6.23. The van der Waals surface area contributed by atoms with Gasteiger partial charge < -0.3 is 0 Å². The molecule has 0 aliphatic rings. The Labute approximate surface area is 67.3 Å². The van der Waals surface area contributed by atoms with E-state index >= 15 is 0 Å². The molecule has 0 unspecified atom stereocenters. The fourth-order valence-corrected chi connectivity index (χ4v) is 0.698. The average molecular weight is 176 g/mol. The van der Waals surface area contributed by atoms with Gasteiger partial charge >= 0.3 is 0 Å². The van der Waals surface area contributed by atoms with Gasteiger partial charge in [-0.3, -0.25) is 5.10 Å². The second kappa shape index (κ2) is 3.56. The van der Waals surface area contributed by atoms with Crippen molar-refractivity contribution >= 4 is 0 Å². The maximum atomic E-state index is 5.16. The number of rotatable bonds is 3. The van der Waals surface area contributed by atoms with Crippen molar-refractivity contribution in [3.05, 3.63) is 12.4 Å². The smallest absolute Gasteiger partial charge is 0.0678 e. The van der Waals surface area contributed by atoms with Crippen molar-refractivity contribution in [3.8, 4) is 0 Å². The highest BCUT2D eigenvalue weighted by atomic mass is 16.0. The molecule has 1 aromatic heterocycles. The number of nitrogen functional groups attached to an aromatic ring is 3. The van der Waals surface area contributed by atoms with Crippen LogP contribution in [-0.4, -0.2) is 19.7 Å². The molecule has 0 radical (unpaired) electrons. The third-order valence-corrected chi connectivity index (χ3v) is 1.18. The lowest BCUT2D eigenvalue weighted by Crippen LogP contribution is -2.47. The maximum Gasteiger partial charge on any atom is 0.0678 e. The Morgan fingerprint density at radius 3 is 2.33 bits per heavy atom. The predicted molar refractivity (Wildman–Crippen MR) is 43.0 cm³/mol. The van der Waals surface area contributed by atoms with E-state index in [1.165, 1.54) is 14.6 Å². The first-order valence-electron chi connectivity index (χ1n) is 3.04. The summed E-state index contributed by atoms with van der Waals surface area (Å²) in [6.45, 7) is 0. The number of hydrogen-bond donors (Lipinski definition) is 7. The monoisotopic (exact) mass is 176 g/mol. The largest absolute Gasteiger partial charge is 0.266 e. The molecule has 0 aliphatic carbocycles. The van der Waals surface area contributed by atoms with Crippen LogP contribution >= 0.6 is 0 Å². The van der Waals surface area contributed by atoms with Crippen LogP contribution in [0.25, 0.3) is 0 Å². The van der Waals surface area contributed by atoms with E-state index in [4.69, 9.17) is 17.5 Å². The van der Waals surface area contributed by atoms with E-state index in [2.05, 4.69) is 21.7 Å². The van der Waals surface area contributed by atoms with E-state index < -0.39 is 0 Å².